The molecule has 0 radical (unpaired) electrons. The molecule has 0 aliphatic rings. The maximum absolute atomic E-state index is 5.70. The van der Waals surface area contributed by atoms with Crippen molar-refractivity contribution in [2.75, 3.05) is 6.54 Å². The molecule has 2 rings (SSSR count). The van der Waals surface area contributed by atoms with Crippen LogP contribution in [0, 0.1) is 6.92 Å². The maximum Gasteiger partial charge on any atom is 0.219 e. The Morgan fingerprint density at radius 1 is 1.30 bits per heavy atom. The van der Waals surface area contributed by atoms with Crippen molar-refractivity contribution in [3.8, 4) is 11.6 Å². The maximum atomic E-state index is 5.70. The van der Waals surface area contributed by atoms with Crippen LogP contribution in [0.25, 0.3) is 0 Å². The number of pyridine rings is 2. The second kappa shape index (κ2) is 7.36. The molecule has 0 aliphatic carbocycles. The average molecular weight is 336 g/mol. The number of ether oxygens (including phenoxy) is 1. The number of aromatic nitrogens is 2. The zero-order valence-electron chi connectivity index (χ0n) is 11.7. The summed E-state index contributed by atoms with van der Waals surface area (Å²) in [4.78, 5) is 8.53. The van der Waals surface area contributed by atoms with Crippen molar-refractivity contribution in [2.24, 2.45) is 0 Å². The Bertz CT molecular complexity index is 575. The van der Waals surface area contributed by atoms with Crippen LogP contribution in [0.3, 0.4) is 0 Å². The second-order valence-corrected chi connectivity index (χ2v) is 5.43. The van der Waals surface area contributed by atoms with Crippen molar-refractivity contribution < 1.29 is 4.74 Å². The summed E-state index contributed by atoms with van der Waals surface area (Å²) in [6.45, 7) is 6.00. The highest BCUT2D eigenvalue weighted by Gasteiger charge is 2.04. The smallest absolute Gasteiger partial charge is 0.219 e. The highest BCUT2D eigenvalue weighted by atomic mass is 79.9. The molecule has 20 heavy (non-hydrogen) atoms. The molecular weight excluding hydrogens is 318 g/mol. The summed E-state index contributed by atoms with van der Waals surface area (Å²) in [7, 11) is 0. The van der Waals surface area contributed by atoms with Crippen LogP contribution in [-0.4, -0.2) is 16.5 Å². The second-order valence-electron chi connectivity index (χ2n) is 4.51. The minimum Gasteiger partial charge on any atom is -0.437 e. The first-order chi connectivity index (χ1) is 9.69. The van der Waals surface area contributed by atoms with Crippen molar-refractivity contribution in [3.63, 3.8) is 0 Å². The molecular formula is C15H18BrN3O. The zero-order chi connectivity index (χ0) is 14.4. The normalized spacial score (nSPS) is 10.6. The van der Waals surface area contributed by atoms with Gasteiger partial charge in [0.25, 0.3) is 0 Å². The van der Waals surface area contributed by atoms with Gasteiger partial charge >= 0.3 is 0 Å². The molecule has 0 saturated carbocycles. The summed E-state index contributed by atoms with van der Waals surface area (Å²) in [5.74, 6) is 1.25. The predicted molar refractivity (Wildman–Crippen MR) is 83.0 cm³/mol. The van der Waals surface area contributed by atoms with E-state index in [9.17, 15) is 0 Å². The molecule has 0 aliphatic heterocycles. The topological polar surface area (TPSA) is 47.0 Å². The van der Waals surface area contributed by atoms with Gasteiger partial charge in [0.05, 0.1) is 6.20 Å². The lowest BCUT2D eigenvalue weighted by Crippen LogP contribution is -2.15. The molecule has 2 aromatic rings. The molecule has 0 fully saturated rings. The van der Waals surface area contributed by atoms with Crippen LogP contribution in [0.15, 0.2) is 35.1 Å². The number of halogens is 1. The van der Waals surface area contributed by atoms with Gasteiger partial charge in [-0.15, -0.1) is 0 Å². The molecule has 1 N–H and O–H groups in total. The largest absolute Gasteiger partial charge is 0.437 e. The molecule has 0 spiro atoms. The third-order valence-electron chi connectivity index (χ3n) is 2.81. The van der Waals surface area contributed by atoms with E-state index in [2.05, 4.69) is 38.1 Å². The SMILES string of the molecule is CCCNCc1ccc(Oc2cncc(Br)c2)nc1C. The van der Waals surface area contributed by atoms with Gasteiger partial charge in [0.2, 0.25) is 5.88 Å². The van der Waals surface area contributed by atoms with Crippen molar-refractivity contribution in [3.05, 3.63) is 46.3 Å². The fourth-order valence-electron chi connectivity index (χ4n) is 1.78. The molecule has 0 unspecified atom stereocenters. The third kappa shape index (κ3) is 4.28. The number of rotatable bonds is 6. The van der Waals surface area contributed by atoms with Gasteiger partial charge in [-0.1, -0.05) is 13.0 Å². The van der Waals surface area contributed by atoms with E-state index >= 15 is 0 Å². The van der Waals surface area contributed by atoms with Crippen LogP contribution >= 0.6 is 15.9 Å². The lowest BCUT2D eigenvalue weighted by Gasteiger charge is -2.09. The Morgan fingerprint density at radius 3 is 2.85 bits per heavy atom. The van der Waals surface area contributed by atoms with Crippen LogP contribution < -0.4 is 10.1 Å². The number of aryl methyl sites for hydroxylation is 1. The van der Waals surface area contributed by atoms with Crippen LogP contribution in [0.2, 0.25) is 0 Å². The van der Waals surface area contributed by atoms with E-state index in [1.807, 2.05) is 25.1 Å². The Labute approximate surface area is 127 Å². The lowest BCUT2D eigenvalue weighted by molar-refractivity contribution is 0.458. The van der Waals surface area contributed by atoms with Crippen LogP contribution in [0.5, 0.6) is 11.6 Å². The summed E-state index contributed by atoms with van der Waals surface area (Å²) < 4.78 is 6.58. The van der Waals surface area contributed by atoms with Gasteiger partial charge in [-0.25, -0.2) is 4.98 Å². The van der Waals surface area contributed by atoms with Crippen LogP contribution in [-0.2, 0) is 6.54 Å². The van der Waals surface area contributed by atoms with E-state index in [4.69, 9.17) is 4.74 Å². The van der Waals surface area contributed by atoms with Crippen molar-refractivity contribution in [1.82, 2.24) is 15.3 Å². The number of hydrogen-bond donors (Lipinski definition) is 1. The molecule has 4 nitrogen and oxygen atoms in total. The highest BCUT2D eigenvalue weighted by Crippen LogP contribution is 2.22. The number of nitrogens with zero attached hydrogens (tertiary/aromatic N) is 2. The predicted octanol–water partition coefficient (Wildman–Crippen LogP) is 3.84. The number of nitrogens with one attached hydrogen (secondary N) is 1. The van der Waals surface area contributed by atoms with E-state index in [0.717, 1.165) is 29.7 Å². The van der Waals surface area contributed by atoms with Gasteiger partial charge in [0.1, 0.15) is 5.75 Å². The Hall–Kier alpha value is -1.46. The minimum atomic E-state index is 0.585. The van der Waals surface area contributed by atoms with Gasteiger partial charge in [0, 0.05) is 29.0 Å². The van der Waals surface area contributed by atoms with Gasteiger partial charge in [0.15, 0.2) is 0 Å². The molecule has 0 amide bonds. The van der Waals surface area contributed by atoms with Crippen LogP contribution in [0.1, 0.15) is 24.6 Å². The lowest BCUT2D eigenvalue weighted by atomic mass is 10.2. The summed E-state index contributed by atoms with van der Waals surface area (Å²) >= 11 is 3.37. The summed E-state index contributed by atoms with van der Waals surface area (Å²) in [6, 6.07) is 5.79. The van der Waals surface area contributed by atoms with E-state index in [-0.39, 0.29) is 0 Å². The summed E-state index contributed by atoms with van der Waals surface area (Å²) in [5, 5.41) is 3.37. The molecule has 2 aromatic heterocycles. The minimum absolute atomic E-state index is 0.585. The van der Waals surface area contributed by atoms with Crippen molar-refractivity contribution >= 4 is 15.9 Å². The van der Waals surface area contributed by atoms with Gasteiger partial charge in [-0.3, -0.25) is 4.98 Å². The van der Waals surface area contributed by atoms with E-state index < -0.39 is 0 Å². The standard InChI is InChI=1S/C15H18BrN3O/c1-3-6-17-8-12-4-5-15(19-11(12)2)20-14-7-13(16)9-18-10-14/h4-5,7,9-10,17H,3,6,8H2,1-2H3. The zero-order valence-corrected chi connectivity index (χ0v) is 13.3. The van der Waals surface area contributed by atoms with Crippen molar-refractivity contribution in [2.45, 2.75) is 26.8 Å². The fraction of sp³-hybridized carbons (Fsp3) is 0.333. The van der Waals surface area contributed by atoms with Crippen molar-refractivity contribution in [1.29, 1.82) is 0 Å². The molecule has 0 bridgehead atoms. The van der Waals surface area contributed by atoms with Gasteiger partial charge < -0.3 is 10.1 Å². The van der Waals surface area contributed by atoms with E-state index in [1.165, 1.54) is 5.56 Å². The molecule has 0 saturated heterocycles. The first-order valence-corrected chi connectivity index (χ1v) is 7.44. The first kappa shape index (κ1) is 14.9. The fourth-order valence-corrected chi connectivity index (χ4v) is 2.12. The molecule has 2 heterocycles. The summed E-state index contributed by atoms with van der Waals surface area (Å²) in [5.41, 5.74) is 2.17. The monoisotopic (exact) mass is 335 g/mol. The average Bonchev–Trinajstić information content (AvgIpc) is 2.41. The van der Waals surface area contributed by atoms with E-state index in [0.29, 0.717) is 11.6 Å². The van der Waals surface area contributed by atoms with Gasteiger partial charge in [-0.05, 0) is 47.4 Å². The van der Waals surface area contributed by atoms with E-state index in [1.54, 1.807) is 12.4 Å². The Morgan fingerprint density at radius 2 is 2.15 bits per heavy atom. The third-order valence-corrected chi connectivity index (χ3v) is 3.25. The molecule has 106 valence electrons. The Kier molecular flexibility index (Phi) is 5.49. The van der Waals surface area contributed by atoms with Crippen LogP contribution in [0.4, 0.5) is 0 Å². The summed E-state index contributed by atoms with van der Waals surface area (Å²) in [6.07, 6.45) is 4.51. The molecule has 5 heteroatoms. The Balaban J connectivity index is 2.05. The molecule has 0 aromatic carbocycles. The quantitative estimate of drug-likeness (QED) is 0.814. The number of hydrogen-bond acceptors (Lipinski definition) is 4. The highest BCUT2D eigenvalue weighted by molar-refractivity contribution is 9.10. The van der Waals surface area contributed by atoms with Gasteiger partial charge in [-0.2, -0.15) is 0 Å². The first-order valence-electron chi connectivity index (χ1n) is 6.64. The molecule has 0 atom stereocenters.